The lowest BCUT2D eigenvalue weighted by molar-refractivity contribution is -0.396. The van der Waals surface area contributed by atoms with E-state index in [2.05, 4.69) is 0 Å². The third-order valence-corrected chi connectivity index (χ3v) is 16.0. The Balaban J connectivity index is 1.09. The van der Waals surface area contributed by atoms with Crippen molar-refractivity contribution in [3.8, 4) is 0 Å². The summed E-state index contributed by atoms with van der Waals surface area (Å²) in [5.41, 5.74) is 0. The summed E-state index contributed by atoms with van der Waals surface area (Å²) in [6, 6.07) is 0. The molecule has 14 bridgehead atoms. The summed E-state index contributed by atoms with van der Waals surface area (Å²) in [5, 5.41) is 221. The van der Waals surface area contributed by atoms with E-state index in [1.807, 2.05) is 0 Å². The molecule has 21 rings (SSSR count). The average molecular weight is 1190 g/mol. The zero-order valence-electron chi connectivity index (χ0n) is 42.1. The van der Waals surface area contributed by atoms with Crippen LogP contribution in [0.3, 0.4) is 0 Å². The van der Waals surface area contributed by atoms with E-state index in [-0.39, 0.29) is 0 Å². The van der Waals surface area contributed by atoms with Crippen LogP contribution in [0.4, 0.5) is 0 Å². The maximum atomic E-state index is 12.2. The van der Waals surface area contributed by atoms with Crippen LogP contribution in [0.2, 0.25) is 0 Å². The third-order valence-electron chi connectivity index (χ3n) is 15.1. The molecule has 20 N–H and O–H groups in total. The van der Waals surface area contributed by atoms with Crippen molar-refractivity contribution in [3.05, 3.63) is 0 Å². The summed E-state index contributed by atoms with van der Waals surface area (Å²) >= 11 is 0.614. The summed E-state index contributed by atoms with van der Waals surface area (Å²) in [6.07, 6.45) is -70.0. The van der Waals surface area contributed by atoms with E-state index < -0.39 is 265 Å². The van der Waals surface area contributed by atoms with Crippen LogP contribution in [-0.2, 0) is 71.1 Å². The average Bonchev–Trinajstić information content (AvgIpc) is 3.54. The van der Waals surface area contributed by atoms with E-state index in [9.17, 15) is 107 Å². The molecule has 35 nitrogen and oxygen atoms in total. The Morgan fingerprint density at radius 3 is 0.562 bits per heavy atom. The first-order valence-corrected chi connectivity index (χ1v) is 26.5. The Kier molecular flexibility index (Phi) is 22.3. The van der Waals surface area contributed by atoms with Crippen molar-refractivity contribution in [2.75, 3.05) is 45.4 Å². The van der Waals surface area contributed by atoms with Crippen molar-refractivity contribution in [1.82, 2.24) is 0 Å². The first-order valence-electron chi connectivity index (χ1n) is 25.5. The number of carbonyl (C=O) groups excluding carboxylic acids is 1. The first-order chi connectivity index (χ1) is 38.0. The Hall–Kier alpha value is -1.34. The standard InChI is InChI=1S/C44H72O35S/c1-9(51)80-8-16-37-23(58)30(65)44(72-16)78-36-15(7-50)70-42(28(63)21(36)56)76-34-13(5-48)68-40(26(61)19(34)54)74-32-11(3-46)66-38(24(59)17(32)52)73-31-10(2-45)67-39(25(60)18(31)53)75-33-12(4-47)69-41(27(62)20(33)55)77-35-14(6-49)71-43(79-37)29(64)22(35)57/h10-50,52-65H,2-8H2,1H3/t10-,11-,12-,13-,14-,15-,16-,17-,18-,19-,20-,21-,22-,23-,24-,25-,26-,27-,28-,29-,30-,31-,32-,33-,34-,35-,36-,37-,38-,39-,40-,41-,42-,43-,44-/m1/s1. The molecular weight excluding hydrogens is 1120 g/mol. The number of ether oxygens (including phenoxy) is 14. The first kappa shape index (κ1) is 64.7. The number of hydrogen-bond donors (Lipinski definition) is 20. The van der Waals surface area contributed by atoms with E-state index in [4.69, 9.17) is 66.3 Å². The Morgan fingerprint density at radius 1 is 0.263 bits per heavy atom. The highest BCUT2D eigenvalue weighted by atomic mass is 32.2. The second-order valence-electron chi connectivity index (χ2n) is 20.3. The fourth-order valence-corrected chi connectivity index (χ4v) is 11.3. The molecule has 0 aromatic heterocycles. The minimum Gasteiger partial charge on any atom is -0.394 e. The molecule has 80 heavy (non-hydrogen) atoms. The molecule has 464 valence electrons. The third kappa shape index (κ3) is 13.0. The van der Waals surface area contributed by atoms with Crippen LogP contribution in [0.25, 0.3) is 0 Å². The van der Waals surface area contributed by atoms with E-state index >= 15 is 0 Å². The fraction of sp³-hybridized carbons (Fsp3) is 0.977. The number of rotatable bonds is 8. The summed E-state index contributed by atoms with van der Waals surface area (Å²) < 4.78 is 80.4. The van der Waals surface area contributed by atoms with E-state index in [1.54, 1.807) is 0 Å². The Labute approximate surface area is 456 Å². The number of carbonyl (C=O) groups is 1. The van der Waals surface area contributed by atoms with Crippen molar-refractivity contribution < 1.29 is 173 Å². The molecule has 0 spiro atoms. The lowest BCUT2D eigenvalue weighted by Gasteiger charge is -2.50. The molecule has 0 aromatic carbocycles. The van der Waals surface area contributed by atoms with Gasteiger partial charge >= 0.3 is 0 Å². The highest BCUT2D eigenvalue weighted by Gasteiger charge is 2.59. The van der Waals surface area contributed by atoms with Crippen molar-refractivity contribution in [1.29, 1.82) is 0 Å². The zero-order chi connectivity index (χ0) is 58.3. The molecule has 36 heteroatoms. The molecule has 21 fully saturated rings. The molecule has 0 radical (unpaired) electrons. The van der Waals surface area contributed by atoms with Gasteiger partial charge in [-0.25, -0.2) is 0 Å². The van der Waals surface area contributed by atoms with Gasteiger partial charge in [-0.3, -0.25) is 4.79 Å². The van der Waals surface area contributed by atoms with Crippen LogP contribution in [-0.4, -0.2) is 368 Å². The molecule has 35 atom stereocenters. The van der Waals surface area contributed by atoms with Crippen LogP contribution in [0.5, 0.6) is 0 Å². The summed E-state index contributed by atoms with van der Waals surface area (Å²) in [4.78, 5) is 12.2. The summed E-state index contributed by atoms with van der Waals surface area (Å²) in [7, 11) is 0. The van der Waals surface area contributed by atoms with E-state index in [1.165, 1.54) is 6.92 Å². The van der Waals surface area contributed by atoms with Crippen molar-refractivity contribution in [2.24, 2.45) is 0 Å². The van der Waals surface area contributed by atoms with Crippen molar-refractivity contribution in [3.63, 3.8) is 0 Å². The molecule has 0 unspecified atom stereocenters. The number of aliphatic hydroxyl groups is 20. The predicted molar refractivity (Wildman–Crippen MR) is 244 cm³/mol. The lowest BCUT2D eigenvalue weighted by atomic mass is 9.95. The highest BCUT2D eigenvalue weighted by Crippen LogP contribution is 2.39. The smallest absolute Gasteiger partial charge is 0.187 e. The monoisotopic (exact) mass is 1190 g/mol. The number of aliphatic hydroxyl groups excluding tert-OH is 20. The molecule has 0 saturated carbocycles. The zero-order valence-corrected chi connectivity index (χ0v) is 42.9. The molecule has 21 heterocycles. The maximum Gasteiger partial charge on any atom is 0.187 e. The molecule has 0 amide bonds. The van der Waals surface area contributed by atoms with Gasteiger partial charge in [0.1, 0.15) is 165 Å². The highest BCUT2D eigenvalue weighted by molar-refractivity contribution is 8.13. The second-order valence-corrected chi connectivity index (χ2v) is 21.5. The maximum absolute atomic E-state index is 12.2. The predicted octanol–water partition coefficient (Wildman–Crippen LogP) is -13.9. The molecular formula is C44H72O35S. The van der Waals surface area contributed by atoms with Gasteiger partial charge < -0.3 is 168 Å². The number of hydrogen-bond acceptors (Lipinski definition) is 36. The van der Waals surface area contributed by atoms with Crippen LogP contribution in [0.1, 0.15) is 6.92 Å². The van der Waals surface area contributed by atoms with Crippen LogP contribution < -0.4 is 0 Å². The van der Waals surface area contributed by atoms with Crippen LogP contribution in [0, 0.1) is 0 Å². The van der Waals surface area contributed by atoms with Gasteiger partial charge in [-0.15, -0.1) is 0 Å². The van der Waals surface area contributed by atoms with E-state index in [0.29, 0.717) is 11.8 Å². The van der Waals surface area contributed by atoms with Gasteiger partial charge in [-0.1, -0.05) is 11.8 Å². The van der Waals surface area contributed by atoms with Crippen LogP contribution in [0.15, 0.2) is 0 Å². The normalized spacial score (nSPS) is 53.7. The van der Waals surface area contributed by atoms with E-state index in [0.717, 1.165) is 0 Å². The van der Waals surface area contributed by atoms with Gasteiger partial charge in [0.15, 0.2) is 49.1 Å². The molecule has 0 aromatic rings. The lowest BCUT2D eigenvalue weighted by Crippen LogP contribution is -2.68. The molecule has 0 aliphatic carbocycles. The second kappa shape index (κ2) is 27.6. The van der Waals surface area contributed by atoms with Gasteiger partial charge in [0.05, 0.1) is 45.7 Å². The largest absolute Gasteiger partial charge is 0.394 e. The molecule has 21 saturated heterocycles. The van der Waals surface area contributed by atoms with Gasteiger partial charge in [0, 0.05) is 12.7 Å². The Morgan fingerprint density at radius 2 is 0.412 bits per heavy atom. The van der Waals surface area contributed by atoms with Gasteiger partial charge in [-0.2, -0.15) is 0 Å². The summed E-state index contributed by atoms with van der Waals surface area (Å²) in [6.45, 7) is -5.12. The van der Waals surface area contributed by atoms with Crippen molar-refractivity contribution >= 4 is 16.9 Å². The quantitative estimate of drug-likeness (QED) is 0.107. The number of thioether (sulfide) groups is 1. The summed E-state index contributed by atoms with van der Waals surface area (Å²) in [5.74, 6) is -0.399. The van der Waals surface area contributed by atoms with Gasteiger partial charge in [-0.05, 0) is 0 Å². The minimum atomic E-state index is -2.21. The van der Waals surface area contributed by atoms with Gasteiger partial charge in [0.2, 0.25) is 0 Å². The SMILES string of the molecule is CC(=O)SC[C@H]1O[C@@H]2O[C@H]3[C@H](O)[C@@H](O)[C@@H](O[C@H]4[C@H](O)[C@@H](O)[C@@H](O[C@H]5[C@H](O)[C@@H](O)[C@@H](O[C@H]6[C@H](O)[C@@H](O)[C@@H](O[C@H]7[C@H](O)[C@@H](O)[C@@H](O[C@H]8[C@H](O)[C@@H](O)[C@@H](O[C@H]1[C@H](O)[C@H]2O)O[C@@H]8CO)O[C@@H]7CO)O[C@@H]6CO)O[C@@H]5CO)O[C@@H]4CO)O[C@@H]3CO. The fourth-order valence-electron chi connectivity index (χ4n) is 10.6. The van der Waals surface area contributed by atoms with Crippen molar-refractivity contribution in [2.45, 2.75) is 222 Å². The minimum absolute atomic E-state index is 0.399. The molecule has 21 aliphatic heterocycles. The van der Waals surface area contributed by atoms with Gasteiger partial charge in [0.25, 0.3) is 0 Å². The van der Waals surface area contributed by atoms with Crippen LogP contribution >= 0.6 is 11.8 Å². The Bertz CT molecular complexity index is 1940. The molecule has 21 aliphatic rings. The topological polar surface area (TPSA) is 551 Å².